The molecule has 0 aliphatic heterocycles. The van der Waals surface area contributed by atoms with Crippen LogP contribution in [-0.2, 0) is 5.33 Å². The maximum absolute atomic E-state index is 10.4. The van der Waals surface area contributed by atoms with Crippen LogP contribution in [-0.4, -0.2) is 15.0 Å². The van der Waals surface area contributed by atoms with Crippen molar-refractivity contribution < 1.29 is 10.0 Å². The molecule has 5 nitrogen and oxygen atoms in total. The van der Waals surface area contributed by atoms with Gasteiger partial charge in [0.25, 0.3) is 0 Å². The molecule has 0 atom stereocenters. The van der Waals surface area contributed by atoms with E-state index in [1.807, 2.05) is 0 Å². The Morgan fingerprint density at radius 2 is 2.33 bits per heavy atom. The van der Waals surface area contributed by atoms with E-state index in [2.05, 4.69) is 20.9 Å². The molecular weight excluding hydrogens is 228 g/mol. The van der Waals surface area contributed by atoms with Gasteiger partial charge in [-0.05, 0) is 0 Å². The van der Waals surface area contributed by atoms with Crippen LogP contribution >= 0.6 is 15.9 Å². The monoisotopic (exact) mass is 232 g/mol. The minimum Gasteiger partial charge on any atom is -0.501 e. The lowest BCUT2D eigenvalue weighted by atomic mass is 10.2. The molecule has 0 aliphatic carbocycles. The van der Waals surface area contributed by atoms with Gasteiger partial charge in [0.2, 0.25) is 5.75 Å². The summed E-state index contributed by atoms with van der Waals surface area (Å²) in [6, 6.07) is 0. The van der Waals surface area contributed by atoms with Crippen molar-refractivity contribution in [1.82, 2.24) is 4.98 Å². The molecule has 0 bridgehead atoms. The number of alkyl halides is 1. The molecule has 0 spiro atoms. The molecule has 1 aromatic heterocycles. The van der Waals surface area contributed by atoms with E-state index in [0.717, 1.165) is 6.20 Å². The summed E-state index contributed by atoms with van der Waals surface area (Å²) in [6.45, 7) is 0. The van der Waals surface area contributed by atoms with E-state index in [-0.39, 0.29) is 5.69 Å². The zero-order valence-electron chi connectivity index (χ0n) is 5.90. The fourth-order valence-electron chi connectivity index (χ4n) is 0.793. The normalized spacial score (nSPS) is 9.75. The minimum absolute atomic E-state index is 0.290. The molecule has 0 aromatic carbocycles. The van der Waals surface area contributed by atoms with Crippen LogP contribution in [0.3, 0.4) is 0 Å². The highest BCUT2D eigenvalue weighted by Crippen LogP contribution is 2.29. The van der Waals surface area contributed by atoms with Crippen LogP contribution in [0.1, 0.15) is 5.56 Å². The van der Waals surface area contributed by atoms with Gasteiger partial charge in [0.1, 0.15) is 0 Å². The third kappa shape index (κ3) is 1.53. The molecule has 1 rings (SSSR count). The maximum Gasteiger partial charge on any atom is 0.317 e. The van der Waals surface area contributed by atoms with Gasteiger partial charge in [0.05, 0.1) is 16.7 Å². The molecule has 0 fully saturated rings. The van der Waals surface area contributed by atoms with Gasteiger partial charge in [-0.15, -0.1) is 0 Å². The molecule has 0 aliphatic rings. The zero-order chi connectivity index (χ0) is 9.14. The lowest BCUT2D eigenvalue weighted by molar-refractivity contribution is -0.386. The summed E-state index contributed by atoms with van der Waals surface area (Å²) >= 11 is 3.06. The number of nitrogens with zero attached hydrogens (tertiary/aromatic N) is 2. The summed E-state index contributed by atoms with van der Waals surface area (Å²) in [7, 11) is 0. The average molecular weight is 233 g/mol. The molecule has 0 saturated carbocycles. The van der Waals surface area contributed by atoms with Gasteiger partial charge in [-0.3, -0.25) is 15.1 Å². The van der Waals surface area contributed by atoms with Crippen LogP contribution < -0.4 is 0 Å². The molecule has 12 heavy (non-hydrogen) atoms. The summed E-state index contributed by atoms with van der Waals surface area (Å²) in [5, 5.41) is 19.8. The number of nitro groups is 1. The van der Waals surface area contributed by atoms with E-state index < -0.39 is 10.7 Å². The Balaban J connectivity index is 3.29. The molecular formula is C6H5BrN2O3. The van der Waals surface area contributed by atoms with E-state index in [9.17, 15) is 10.1 Å². The summed E-state index contributed by atoms with van der Waals surface area (Å²) in [5.41, 5.74) is 0.0712. The van der Waals surface area contributed by atoms with Gasteiger partial charge in [-0.2, -0.15) is 0 Å². The maximum atomic E-state index is 10.4. The highest BCUT2D eigenvalue weighted by Gasteiger charge is 2.18. The molecule has 0 unspecified atom stereocenters. The zero-order valence-corrected chi connectivity index (χ0v) is 7.48. The third-order valence-electron chi connectivity index (χ3n) is 1.30. The standard InChI is InChI=1S/C6H5BrN2O3/c7-1-4-2-8-3-5(10)6(4)9(11)12/h2-3,10H,1H2. The van der Waals surface area contributed by atoms with Gasteiger partial charge in [0.15, 0.2) is 0 Å². The Morgan fingerprint density at radius 1 is 1.67 bits per heavy atom. The molecule has 64 valence electrons. The molecule has 0 saturated heterocycles. The van der Waals surface area contributed by atoms with Crippen molar-refractivity contribution in [2.45, 2.75) is 5.33 Å². The van der Waals surface area contributed by atoms with Crippen molar-refractivity contribution in [1.29, 1.82) is 0 Å². The lowest BCUT2D eigenvalue weighted by Crippen LogP contribution is -1.94. The van der Waals surface area contributed by atoms with Crippen molar-refractivity contribution in [3.63, 3.8) is 0 Å². The third-order valence-corrected chi connectivity index (χ3v) is 1.90. The Labute approximate surface area is 76.3 Å². The van der Waals surface area contributed by atoms with E-state index in [0.29, 0.717) is 10.9 Å². The lowest BCUT2D eigenvalue weighted by Gasteiger charge is -1.98. The molecule has 1 N–H and O–H groups in total. The van der Waals surface area contributed by atoms with Crippen molar-refractivity contribution in [3.05, 3.63) is 28.1 Å². The Bertz CT molecular complexity index is 316. The van der Waals surface area contributed by atoms with Gasteiger partial charge in [-0.1, -0.05) is 15.9 Å². The van der Waals surface area contributed by atoms with Gasteiger partial charge in [0, 0.05) is 11.5 Å². The number of aromatic nitrogens is 1. The van der Waals surface area contributed by atoms with Gasteiger partial charge < -0.3 is 5.11 Å². The van der Waals surface area contributed by atoms with Crippen LogP contribution in [0.15, 0.2) is 12.4 Å². The van der Waals surface area contributed by atoms with Gasteiger partial charge in [-0.25, -0.2) is 0 Å². The van der Waals surface area contributed by atoms with Crippen LogP contribution in [0.2, 0.25) is 0 Å². The highest BCUT2D eigenvalue weighted by atomic mass is 79.9. The molecule has 6 heteroatoms. The Morgan fingerprint density at radius 3 is 2.75 bits per heavy atom. The number of aromatic hydroxyl groups is 1. The second-order valence-corrected chi connectivity index (χ2v) is 2.62. The van der Waals surface area contributed by atoms with Crippen LogP contribution in [0.25, 0.3) is 0 Å². The van der Waals surface area contributed by atoms with E-state index >= 15 is 0 Å². The highest BCUT2D eigenvalue weighted by molar-refractivity contribution is 9.08. The van der Waals surface area contributed by atoms with Crippen molar-refractivity contribution in [3.8, 4) is 5.75 Å². The summed E-state index contributed by atoms with van der Waals surface area (Å²) in [5.74, 6) is -0.406. The fraction of sp³-hybridized carbons (Fsp3) is 0.167. The predicted molar refractivity (Wildman–Crippen MR) is 45.2 cm³/mol. The topological polar surface area (TPSA) is 76.3 Å². The first kappa shape index (κ1) is 8.92. The number of halogens is 1. The van der Waals surface area contributed by atoms with E-state index in [1.54, 1.807) is 0 Å². The first-order chi connectivity index (χ1) is 5.66. The molecule has 0 amide bonds. The SMILES string of the molecule is O=[N+]([O-])c1c(O)cncc1CBr. The predicted octanol–water partition coefficient (Wildman–Crippen LogP) is 1.59. The van der Waals surface area contributed by atoms with Gasteiger partial charge >= 0.3 is 5.69 Å². The van der Waals surface area contributed by atoms with Crippen LogP contribution in [0, 0.1) is 10.1 Å². The smallest absolute Gasteiger partial charge is 0.317 e. The second-order valence-electron chi connectivity index (χ2n) is 2.06. The van der Waals surface area contributed by atoms with E-state index in [4.69, 9.17) is 5.11 Å². The second kappa shape index (κ2) is 3.48. The summed E-state index contributed by atoms with van der Waals surface area (Å²) < 4.78 is 0. The van der Waals surface area contributed by atoms with Crippen LogP contribution in [0.4, 0.5) is 5.69 Å². The van der Waals surface area contributed by atoms with Crippen molar-refractivity contribution in [2.24, 2.45) is 0 Å². The van der Waals surface area contributed by atoms with E-state index in [1.165, 1.54) is 6.20 Å². The number of rotatable bonds is 2. The number of hydrogen-bond acceptors (Lipinski definition) is 4. The summed E-state index contributed by atoms with van der Waals surface area (Å²) in [4.78, 5) is 13.4. The number of pyridine rings is 1. The van der Waals surface area contributed by atoms with Crippen LogP contribution in [0.5, 0.6) is 5.75 Å². The summed E-state index contributed by atoms with van der Waals surface area (Å²) in [6.07, 6.45) is 2.39. The first-order valence-corrected chi connectivity index (χ1v) is 4.15. The molecule has 0 radical (unpaired) electrons. The number of hydrogen-bond donors (Lipinski definition) is 1. The first-order valence-electron chi connectivity index (χ1n) is 3.03. The Hall–Kier alpha value is -1.17. The van der Waals surface area contributed by atoms with Crippen molar-refractivity contribution >= 4 is 21.6 Å². The minimum atomic E-state index is -0.631. The molecule has 1 heterocycles. The molecule has 1 aromatic rings. The Kier molecular flexibility index (Phi) is 2.59. The quantitative estimate of drug-likeness (QED) is 0.478. The fourth-order valence-corrected chi connectivity index (χ4v) is 1.20. The van der Waals surface area contributed by atoms with Crippen molar-refractivity contribution in [2.75, 3.05) is 0 Å². The largest absolute Gasteiger partial charge is 0.501 e. The average Bonchev–Trinajstić information content (AvgIpc) is 2.03.